The molecule has 1 aliphatic rings. The molecule has 0 unspecified atom stereocenters. The van der Waals surface area contributed by atoms with Gasteiger partial charge in [0.2, 0.25) is 0 Å². The molecule has 0 amide bonds. The zero-order chi connectivity index (χ0) is 40.9. The van der Waals surface area contributed by atoms with Crippen molar-refractivity contribution in [2.75, 3.05) is 9.80 Å². The molecule has 3 aromatic heterocycles. The number of rotatable bonds is 9. The summed E-state index contributed by atoms with van der Waals surface area (Å²) in [4.78, 5) is 9.25. The molecule has 7 heteroatoms. The van der Waals surface area contributed by atoms with Crippen molar-refractivity contribution < 1.29 is 25.2 Å². The van der Waals surface area contributed by atoms with E-state index in [0.29, 0.717) is 11.5 Å². The zero-order valence-electron chi connectivity index (χ0n) is 34.1. The number of para-hydroxylation sites is 3. The normalized spacial score (nSPS) is 12.7. The summed E-state index contributed by atoms with van der Waals surface area (Å²) in [6.45, 7) is 6.60. The van der Waals surface area contributed by atoms with Gasteiger partial charge in [0.1, 0.15) is 5.82 Å². The Hall–Kier alpha value is -7.17. The fourth-order valence-electron chi connectivity index (χ4n) is 8.61. The Morgan fingerprint density at radius 1 is 0.532 bits per heavy atom. The number of pyridine rings is 1. The molecule has 10 aromatic rings. The average Bonchev–Trinajstić information content (AvgIpc) is 4.03. The van der Waals surface area contributed by atoms with E-state index < -0.39 is 0 Å². The van der Waals surface area contributed by atoms with Crippen molar-refractivity contribution >= 4 is 44.2 Å². The summed E-state index contributed by atoms with van der Waals surface area (Å²) in [7, 11) is 0. The SMILES string of the molecule is CC(C)(c1ccccc1)c1ccnc(-n2c3[c-]c(Oc4[c-]c(N5C=CN(c6ccccc6)[CH-]5)cc(-c5ccccc5)c4)ccc3c3c2c2ccccc2n3-c2ccccc2)c1.[Pd]. The minimum absolute atomic E-state index is 0. The molecule has 0 atom stereocenters. The predicted molar refractivity (Wildman–Crippen MR) is 248 cm³/mol. The van der Waals surface area contributed by atoms with E-state index in [-0.39, 0.29) is 25.8 Å². The third-order valence-corrected chi connectivity index (χ3v) is 11.8. The summed E-state index contributed by atoms with van der Waals surface area (Å²) in [5.74, 6) is 1.97. The summed E-state index contributed by atoms with van der Waals surface area (Å²) >= 11 is 0. The maximum absolute atomic E-state index is 6.83. The molecule has 0 saturated carbocycles. The maximum atomic E-state index is 6.83. The van der Waals surface area contributed by atoms with Crippen LogP contribution in [0.5, 0.6) is 11.5 Å². The second kappa shape index (κ2) is 16.0. The minimum Gasteiger partial charge on any atom is -0.509 e. The van der Waals surface area contributed by atoms with Crippen molar-refractivity contribution in [3.05, 3.63) is 231 Å². The van der Waals surface area contributed by atoms with Crippen LogP contribution in [-0.2, 0) is 25.8 Å². The number of ether oxygens (including phenoxy) is 1. The van der Waals surface area contributed by atoms with Crippen LogP contribution in [0.2, 0.25) is 0 Å². The molecule has 0 aliphatic carbocycles. The Morgan fingerprint density at radius 3 is 1.94 bits per heavy atom. The second-order valence-electron chi connectivity index (χ2n) is 15.8. The van der Waals surface area contributed by atoms with E-state index in [1.54, 1.807) is 0 Å². The van der Waals surface area contributed by atoms with Crippen LogP contribution in [0.3, 0.4) is 0 Å². The van der Waals surface area contributed by atoms with Crippen LogP contribution in [0.15, 0.2) is 201 Å². The Kier molecular flexibility index (Phi) is 10.1. The van der Waals surface area contributed by atoms with Gasteiger partial charge >= 0.3 is 0 Å². The van der Waals surface area contributed by atoms with Crippen LogP contribution in [0.4, 0.5) is 11.4 Å². The molecule has 1 aliphatic heterocycles. The molecule has 0 saturated heterocycles. The Balaban J connectivity index is 0.00000458. The van der Waals surface area contributed by atoms with E-state index in [9.17, 15) is 0 Å². The van der Waals surface area contributed by atoms with Crippen molar-refractivity contribution in [2.24, 2.45) is 0 Å². The zero-order valence-corrected chi connectivity index (χ0v) is 35.6. The van der Waals surface area contributed by atoms with Crippen molar-refractivity contribution in [1.29, 1.82) is 0 Å². The molecular formula is C55H40N5OPd-3. The van der Waals surface area contributed by atoms with Gasteiger partial charge in [0.25, 0.3) is 0 Å². The molecule has 11 rings (SSSR count). The monoisotopic (exact) mass is 892 g/mol. The number of aromatic nitrogens is 3. The quantitative estimate of drug-likeness (QED) is 0.107. The third-order valence-electron chi connectivity index (χ3n) is 11.8. The Bertz CT molecular complexity index is 3230. The first-order valence-corrected chi connectivity index (χ1v) is 20.5. The number of nitrogens with zero attached hydrogens (tertiary/aromatic N) is 5. The Morgan fingerprint density at radius 2 is 1.18 bits per heavy atom. The number of benzene rings is 7. The van der Waals surface area contributed by atoms with Crippen LogP contribution in [-0.4, -0.2) is 14.1 Å². The Labute approximate surface area is 375 Å². The van der Waals surface area contributed by atoms with Gasteiger partial charge in [-0.05, 0) is 71.6 Å². The predicted octanol–water partition coefficient (Wildman–Crippen LogP) is 13.4. The van der Waals surface area contributed by atoms with Crippen molar-refractivity contribution in [1.82, 2.24) is 14.1 Å². The molecule has 0 spiro atoms. The van der Waals surface area contributed by atoms with Crippen LogP contribution >= 0.6 is 0 Å². The summed E-state index contributed by atoms with van der Waals surface area (Å²) < 4.78 is 11.5. The topological polar surface area (TPSA) is 38.5 Å². The minimum atomic E-state index is -0.269. The van der Waals surface area contributed by atoms with Crippen LogP contribution < -0.4 is 14.5 Å². The molecule has 304 valence electrons. The molecule has 0 radical (unpaired) electrons. The van der Waals surface area contributed by atoms with Gasteiger partial charge in [-0.1, -0.05) is 140 Å². The van der Waals surface area contributed by atoms with Crippen LogP contribution in [0.25, 0.3) is 55.5 Å². The molecule has 7 aromatic carbocycles. The molecular weight excluding hydrogens is 853 g/mol. The second-order valence-corrected chi connectivity index (χ2v) is 15.8. The fraction of sp³-hybridized carbons (Fsp3) is 0.0545. The van der Waals surface area contributed by atoms with Gasteiger partial charge in [-0.2, -0.15) is 6.07 Å². The fourth-order valence-corrected chi connectivity index (χ4v) is 8.61. The van der Waals surface area contributed by atoms with Crippen molar-refractivity contribution in [2.45, 2.75) is 19.3 Å². The van der Waals surface area contributed by atoms with E-state index in [1.807, 2.05) is 42.7 Å². The molecule has 6 nitrogen and oxygen atoms in total. The standard InChI is InChI=1S/C55H40N5O.Pd/c1-55(2,41-19-9-4-10-20-41)42-29-30-56-52(35-42)60-51-37-46(27-28-49(51)53-54(60)48-25-15-16-26-50(48)59(53)44-23-13-6-14-24-44)61-47-34-40(39-17-7-3-8-18-39)33-45(36-47)58-32-31-57(38-58)43-21-11-5-12-22-43;/h3-35,38H,1-2H3;/q-3;. The number of fused-ring (bicyclic) bond motifs is 5. The van der Waals surface area contributed by atoms with Gasteiger partial charge in [-0.3, -0.25) is 0 Å². The molecule has 0 bridgehead atoms. The summed E-state index contributed by atoms with van der Waals surface area (Å²) in [5, 5.41) is 2.16. The van der Waals surface area contributed by atoms with Gasteiger partial charge in [-0.15, -0.1) is 48.3 Å². The summed E-state index contributed by atoms with van der Waals surface area (Å²) in [5.41, 5.74) is 11.4. The number of anilines is 2. The first-order chi connectivity index (χ1) is 30.0. The van der Waals surface area contributed by atoms with E-state index in [2.05, 4.69) is 209 Å². The van der Waals surface area contributed by atoms with Crippen molar-refractivity contribution in [3.8, 4) is 34.1 Å². The number of hydrogen-bond acceptors (Lipinski definition) is 4. The van der Waals surface area contributed by atoms with Crippen LogP contribution in [0.1, 0.15) is 25.0 Å². The average molecular weight is 893 g/mol. The van der Waals surface area contributed by atoms with E-state index in [4.69, 9.17) is 9.72 Å². The van der Waals surface area contributed by atoms with Gasteiger partial charge in [0.15, 0.2) is 0 Å². The van der Waals surface area contributed by atoms with Crippen molar-refractivity contribution in [3.63, 3.8) is 0 Å². The first-order valence-electron chi connectivity index (χ1n) is 20.5. The van der Waals surface area contributed by atoms with E-state index in [1.165, 1.54) is 5.56 Å². The molecule has 0 N–H and O–H groups in total. The maximum Gasteiger partial charge on any atom is 0.135 e. The van der Waals surface area contributed by atoms with Gasteiger partial charge in [0, 0.05) is 65.8 Å². The smallest absolute Gasteiger partial charge is 0.135 e. The molecule has 62 heavy (non-hydrogen) atoms. The summed E-state index contributed by atoms with van der Waals surface area (Å²) in [6, 6.07) is 70.6. The third kappa shape index (κ3) is 6.86. The van der Waals surface area contributed by atoms with Crippen LogP contribution in [0, 0.1) is 18.8 Å². The largest absolute Gasteiger partial charge is 0.509 e. The molecule has 4 heterocycles. The van der Waals surface area contributed by atoms with E-state index >= 15 is 0 Å². The summed E-state index contributed by atoms with van der Waals surface area (Å²) in [6.07, 6.45) is 6.02. The van der Waals surface area contributed by atoms with Gasteiger partial charge in [-0.25, -0.2) is 4.98 Å². The first kappa shape index (κ1) is 39.0. The van der Waals surface area contributed by atoms with Gasteiger partial charge < -0.3 is 23.7 Å². The number of hydrogen-bond donors (Lipinski definition) is 0. The molecule has 0 fully saturated rings. The van der Waals surface area contributed by atoms with Gasteiger partial charge in [0.05, 0.1) is 11.0 Å². The van der Waals surface area contributed by atoms with E-state index in [0.717, 1.165) is 72.4 Å².